The Morgan fingerprint density at radius 3 is 2.69 bits per heavy atom. The van der Waals surface area contributed by atoms with E-state index in [1.165, 1.54) is 6.08 Å². The van der Waals surface area contributed by atoms with Crippen molar-refractivity contribution in [1.29, 1.82) is 0 Å². The first-order chi connectivity index (χ1) is 7.43. The number of halogens is 3. The molecule has 0 spiro atoms. The Morgan fingerprint density at radius 1 is 1.44 bits per heavy atom. The van der Waals surface area contributed by atoms with E-state index in [0.29, 0.717) is 24.8 Å². The third-order valence-electron chi connectivity index (χ3n) is 2.64. The van der Waals surface area contributed by atoms with Crippen LogP contribution in [0.3, 0.4) is 0 Å². The normalized spacial score (nSPS) is 19.1. The Kier molecular flexibility index (Phi) is 4.59. The summed E-state index contributed by atoms with van der Waals surface area (Å²) in [5.74, 6) is 0. The van der Waals surface area contributed by atoms with E-state index in [1.807, 2.05) is 6.92 Å². The maximum Gasteiger partial charge on any atom is 0.412 e. The molecule has 0 heterocycles. The molecule has 0 aromatic heterocycles. The lowest BCUT2D eigenvalue weighted by Crippen LogP contribution is -2.15. The van der Waals surface area contributed by atoms with Gasteiger partial charge in [-0.2, -0.15) is 13.2 Å². The largest absolute Gasteiger partial charge is 0.412 e. The van der Waals surface area contributed by atoms with Crippen LogP contribution < -0.4 is 0 Å². The summed E-state index contributed by atoms with van der Waals surface area (Å²) in [7, 11) is 0. The quantitative estimate of drug-likeness (QED) is 0.785. The smallest absolute Gasteiger partial charge is 0.393 e. The molecule has 0 fully saturated rings. The number of aliphatic hydroxyl groups is 1. The monoisotopic (exact) mass is 234 g/mol. The lowest BCUT2D eigenvalue weighted by atomic mass is 9.94. The molecule has 1 aliphatic rings. The number of aliphatic hydroxyl groups excluding tert-OH is 1. The van der Waals surface area contributed by atoms with E-state index in [4.69, 9.17) is 0 Å². The lowest BCUT2D eigenvalue weighted by molar-refractivity contribution is -0.0941. The molecule has 1 nitrogen and oxygen atoms in total. The second-order valence-corrected chi connectivity index (χ2v) is 4.13. The van der Waals surface area contributed by atoms with Gasteiger partial charge in [0, 0.05) is 5.57 Å². The van der Waals surface area contributed by atoms with Crippen LogP contribution in [-0.4, -0.2) is 17.4 Å². The van der Waals surface area contributed by atoms with E-state index in [-0.39, 0.29) is 6.42 Å². The summed E-state index contributed by atoms with van der Waals surface area (Å²) in [6.07, 6.45) is 0.479. The van der Waals surface area contributed by atoms with Crippen molar-refractivity contribution < 1.29 is 18.3 Å². The summed E-state index contributed by atoms with van der Waals surface area (Å²) in [4.78, 5) is 0. The van der Waals surface area contributed by atoms with Crippen LogP contribution in [0.5, 0.6) is 0 Å². The molecular weight excluding hydrogens is 217 g/mol. The summed E-state index contributed by atoms with van der Waals surface area (Å²) < 4.78 is 37.3. The zero-order valence-electron chi connectivity index (χ0n) is 9.35. The number of rotatable bonds is 4. The van der Waals surface area contributed by atoms with Gasteiger partial charge in [-0.05, 0) is 31.3 Å². The van der Waals surface area contributed by atoms with Crippen molar-refractivity contribution in [3.63, 3.8) is 0 Å². The minimum atomic E-state index is -4.23. The summed E-state index contributed by atoms with van der Waals surface area (Å²) in [6.45, 7) is 1.94. The van der Waals surface area contributed by atoms with Crippen LogP contribution in [-0.2, 0) is 0 Å². The topological polar surface area (TPSA) is 20.2 Å². The van der Waals surface area contributed by atoms with Gasteiger partial charge in [-0.3, -0.25) is 0 Å². The first-order valence-corrected chi connectivity index (χ1v) is 5.58. The van der Waals surface area contributed by atoms with E-state index in [0.717, 1.165) is 6.42 Å². The maximum absolute atomic E-state index is 12.4. The van der Waals surface area contributed by atoms with E-state index >= 15 is 0 Å². The Labute approximate surface area is 93.7 Å². The highest BCUT2D eigenvalue weighted by Crippen LogP contribution is 2.33. The molecule has 0 radical (unpaired) electrons. The van der Waals surface area contributed by atoms with Gasteiger partial charge in [0.25, 0.3) is 0 Å². The molecule has 0 saturated carbocycles. The van der Waals surface area contributed by atoms with Gasteiger partial charge in [-0.25, -0.2) is 0 Å². The Bertz CT molecular complexity index is 289. The number of alkyl halides is 3. The molecule has 16 heavy (non-hydrogen) atoms. The summed E-state index contributed by atoms with van der Waals surface area (Å²) in [5.41, 5.74) is 0.133. The highest BCUT2D eigenvalue weighted by Gasteiger charge is 2.33. The molecule has 0 aromatic rings. The zero-order valence-corrected chi connectivity index (χ0v) is 9.35. The van der Waals surface area contributed by atoms with Crippen molar-refractivity contribution in [1.82, 2.24) is 0 Å². The fourth-order valence-corrected chi connectivity index (χ4v) is 1.84. The van der Waals surface area contributed by atoms with Gasteiger partial charge >= 0.3 is 6.18 Å². The second kappa shape index (κ2) is 5.53. The number of allylic oxidation sites excluding steroid dienone is 3. The van der Waals surface area contributed by atoms with Crippen LogP contribution in [0.25, 0.3) is 0 Å². The van der Waals surface area contributed by atoms with Crippen LogP contribution in [0.2, 0.25) is 0 Å². The van der Waals surface area contributed by atoms with Gasteiger partial charge in [-0.15, -0.1) is 0 Å². The van der Waals surface area contributed by atoms with Crippen LogP contribution in [0, 0.1) is 0 Å². The van der Waals surface area contributed by atoms with Gasteiger partial charge in [0.05, 0.1) is 6.10 Å². The van der Waals surface area contributed by atoms with Gasteiger partial charge in [0.2, 0.25) is 0 Å². The van der Waals surface area contributed by atoms with Gasteiger partial charge in [0.1, 0.15) is 0 Å². The van der Waals surface area contributed by atoms with Gasteiger partial charge in [-0.1, -0.05) is 25.5 Å². The van der Waals surface area contributed by atoms with Crippen molar-refractivity contribution in [3.8, 4) is 0 Å². The molecule has 0 saturated heterocycles. The van der Waals surface area contributed by atoms with Gasteiger partial charge < -0.3 is 5.11 Å². The van der Waals surface area contributed by atoms with Crippen LogP contribution in [0.15, 0.2) is 23.3 Å². The minimum absolute atomic E-state index is 0.0525. The Balaban J connectivity index is 2.62. The molecule has 0 amide bonds. The fraction of sp³-hybridized carbons (Fsp3) is 0.667. The number of hydrogen-bond acceptors (Lipinski definition) is 1. The average Bonchev–Trinajstić information content (AvgIpc) is 2.17. The first-order valence-electron chi connectivity index (χ1n) is 5.58. The third kappa shape index (κ3) is 4.00. The molecule has 0 aromatic carbocycles. The van der Waals surface area contributed by atoms with Crippen molar-refractivity contribution in [2.45, 2.75) is 51.3 Å². The molecule has 1 N–H and O–H groups in total. The predicted octanol–water partition coefficient (Wildman–Crippen LogP) is 3.75. The number of hydrogen-bond donors (Lipinski definition) is 1. The van der Waals surface area contributed by atoms with Crippen molar-refractivity contribution in [3.05, 3.63) is 23.3 Å². The molecular formula is C12H17F3O. The molecule has 4 heteroatoms. The van der Waals surface area contributed by atoms with Crippen molar-refractivity contribution >= 4 is 0 Å². The Hall–Kier alpha value is -0.770. The summed E-state index contributed by atoms with van der Waals surface area (Å²) in [6, 6.07) is 0. The molecule has 92 valence electrons. The molecule has 1 unspecified atom stereocenters. The van der Waals surface area contributed by atoms with Crippen LogP contribution >= 0.6 is 0 Å². The molecule has 0 bridgehead atoms. The first kappa shape index (κ1) is 13.3. The fourth-order valence-electron chi connectivity index (χ4n) is 1.84. The minimum Gasteiger partial charge on any atom is -0.393 e. The van der Waals surface area contributed by atoms with Crippen LogP contribution in [0.1, 0.15) is 39.0 Å². The van der Waals surface area contributed by atoms with E-state index < -0.39 is 17.9 Å². The molecule has 1 atom stereocenters. The van der Waals surface area contributed by atoms with E-state index in [2.05, 4.69) is 0 Å². The molecule has 1 rings (SSSR count). The average molecular weight is 234 g/mol. The van der Waals surface area contributed by atoms with Crippen molar-refractivity contribution in [2.75, 3.05) is 0 Å². The second-order valence-electron chi connectivity index (χ2n) is 4.13. The zero-order chi connectivity index (χ0) is 12.2. The lowest BCUT2D eigenvalue weighted by Gasteiger charge is -2.18. The van der Waals surface area contributed by atoms with Crippen LogP contribution in [0.4, 0.5) is 13.2 Å². The molecule has 0 aliphatic heterocycles. The molecule has 1 aliphatic carbocycles. The maximum atomic E-state index is 12.4. The predicted molar refractivity (Wildman–Crippen MR) is 57.0 cm³/mol. The van der Waals surface area contributed by atoms with Crippen molar-refractivity contribution in [2.24, 2.45) is 0 Å². The van der Waals surface area contributed by atoms with Gasteiger partial charge in [0.15, 0.2) is 0 Å². The summed E-state index contributed by atoms with van der Waals surface area (Å²) >= 11 is 0. The SMILES string of the molecule is CCCC(O)CC1=CCCC(C(F)(F)F)=C1. The standard InChI is InChI=1S/C12H17F3O/c1-2-4-11(16)8-9-5-3-6-10(7-9)12(13,14)15/h5,7,11,16H,2-4,6,8H2,1H3. The Morgan fingerprint density at radius 2 is 2.12 bits per heavy atom. The highest BCUT2D eigenvalue weighted by atomic mass is 19.4. The third-order valence-corrected chi connectivity index (χ3v) is 2.64. The van der Waals surface area contributed by atoms with E-state index in [9.17, 15) is 18.3 Å². The summed E-state index contributed by atoms with van der Waals surface area (Å²) in [5, 5.41) is 9.54. The van der Waals surface area contributed by atoms with E-state index in [1.54, 1.807) is 6.08 Å². The highest BCUT2D eigenvalue weighted by molar-refractivity contribution is 5.30.